The Bertz CT molecular complexity index is 409. The van der Waals surface area contributed by atoms with Crippen LogP contribution in [0.1, 0.15) is 19.3 Å². The quantitative estimate of drug-likeness (QED) is 0.635. The summed E-state index contributed by atoms with van der Waals surface area (Å²) in [4.78, 5) is 15.3. The topological polar surface area (TPSA) is 91.7 Å². The van der Waals surface area contributed by atoms with Crippen LogP contribution in [0, 0.1) is 0 Å². The molecule has 0 radical (unpaired) electrons. The lowest BCUT2D eigenvalue weighted by Gasteiger charge is -2.24. The van der Waals surface area contributed by atoms with Crippen molar-refractivity contribution in [1.82, 2.24) is 4.98 Å². The van der Waals surface area contributed by atoms with E-state index in [1.54, 1.807) is 0 Å². The molecule has 0 bridgehead atoms. The molecule has 1 saturated carbocycles. The van der Waals surface area contributed by atoms with Crippen molar-refractivity contribution in [2.24, 2.45) is 0 Å². The van der Waals surface area contributed by atoms with Crippen LogP contribution in [0.15, 0.2) is 18.3 Å². The minimum atomic E-state index is -1.58. The molecule has 1 heterocycles. The smallest absolute Gasteiger partial charge is 0.446 e. The van der Waals surface area contributed by atoms with Crippen molar-refractivity contribution >= 4 is 24.5 Å². The van der Waals surface area contributed by atoms with Crippen LogP contribution in [0.4, 0.5) is 10.6 Å². The summed E-state index contributed by atoms with van der Waals surface area (Å²) < 4.78 is 5.08. The minimum Gasteiger partial charge on any atom is -0.446 e. The largest absolute Gasteiger partial charge is 0.488 e. The first-order valence-corrected chi connectivity index (χ1v) is 5.45. The molecule has 0 aromatic carbocycles. The van der Waals surface area contributed by atoms with Crippen molar-refractivity contribution in [1.29, 1.82) is 0 Å². The summed E-state index contributed by atoms with van der Waals surface area (Å²) in [6, 6.07) is 2.83. The lowest BCUT2D eigenvalue weighted by Crippen LogP contribution is -2.31. The number of amides is 1. The second-order valence-electron chi connectivity index (χ2n) is 3.93. The molecular formula is C10H13BN2O4. The lowest BCUT2D eigenvalue weighted by atomic mass is 9.81. The molecule has 17 heavy (non-hydrogen) atoms. The van der Waals surface area contributed by atoms with Crippen molar-refractivity contribution in [2.75, 3.05) is 5.32 Å². The molecule has 0 atom stereocenters. The highest BCUT2D eigenvalue weighted by molar-refractivity contribution is 6.58. The summed E-state index contributed by atoms with van der Waals surface area (Å²) in [6.07, 6.45) is 3.70. The van der Waals surface area contributed by atoms with Crippen LogP contribution in [0.3, 0.4) is 0 Å². The minimum absolute atomic E-state index is 0.00150. The third-order valence-corrected chi connectivity index (χ3v) is 2.64. The van der Waals surface area contributed by atoms with E-state index in [-0.39, 0.29) is 17.4 Å². The van der Waals surface area contributed by atoms with Gasteiger partial charge in [0.2, 0.25) is 0 Å². The van der Waals surface area contributed by atoms with Gasteiger partial charge < -0.3 is 14.8 Å². The number of nitrogens with one attached hydrogen (secondary N) is 1. The standard InChI is InChI=1S/C10H13BN2O4/c14-10(17-8-2-1-3-8)13-9-6-7(11(15)16)4-5-12-9/h4-6,8,15-16H,1-3H2,(H,12,13,14). The summed E-state index contributed by atoms with van der Waals surface area (Å²) >= 11 is 0. The summed E-state index contributed by atoms with van der Waals surface area (Å²) in [5, 5.41) is 20.4. The van der Waals surface area contributed by atoms with Crippen LogP contribution >= 0.6 is 0 Å². The number of hydrogen-bond acceptors (Lipinski definition) is 5. The number of pyridine rings is 1. The Morgan fingerprint density at radius 3 is 2.88 bits per heavy atom. The van der Waals surface area contributed by atoms with Crippen LogP contribution in [0.25, 0.3) is 0 Å². The molecule has 6 nitrogen and oxygen atoms in total. The highest BCUT2D eigenvalue weighted by Gasteiger charge is 2.22. The number of aromatic nitrogens is 1. The second-order valence-corrected chi connectivity index (χ2v) is 3.93. The number of ether oxygens (including phenoxy) is 1. The zero-order valence-corrected chi connectivity index (χ0v) is 9.17. The number of anilines is 1. The van der Waals surface area contributed by atoms with Crippen molar-refractivity contribution in [2.45, 2.75) is 25.4 Å². The lowest BCUT2D eigenvalue weighted by molar-refractivity contribution is 0.0623. The fourth-order valence-electron chi connectivity index (χ4n) is 1.45. The normalized spacial score (nSPS) is 14.9. The summed E-state index contributed by atoms with van der Waals surface area (Å²) in [5.74, 6) is 0.236. The number of rotatable bonds is 3. The Hall–Kier alpha value is -1.60. The molecule has 90 valence electrons. The molecule has 1 aromatic heterocycles. The average Bonchev–Trinajstić information content (AvgIpc) is 2.24. The summed E-state index contributed by atoms with van der Waals surface area (Å²) in [5.41, 5.74) is 0.263. The van der Waals surface area contributed by atoms with E-state index in [9.17, 15) is 4.79 Å². The summed E-state index contributed by atoms with van der Waals surface area (Å²) in [7, 11) is -1.58. The van der Waals surface area contributed by atoms with E-state index in [0.29, 0.717) is 0 Å². The van der Waals surface area contributed by atoms with E-state index in [1.807, 2.05) is 0 Å². The van der Waals surface area contributed by atoms with Crippen molar-refractivity contribution < 1.29 is 19.6 Å². The van der Waals surface area contributed by atoms with Crippen LogP contribution < -0.4 is 10.8 Å². The molecule has 1 aromatic rings. The Morgan fingerprint density at radius 1 is 1.53 bits per heavy atom. The van der Waals surface area contributed by atoms with Gasteiger partial charge in [-0.3, -0.25) is 5.32 Å². The first-order chi connectivity index (χ1) is 8.15. The van der Waals surface area contributed by atoms with E-state index >= 15 is 0 Å². The van der Waals surface area contributed by atoms with Gasteiger partial charge in [-0.2, -0.15) is 0 Å². The third kappa shape index (κ3) is 3.18. The van der Waals surface area contributed by atoms with Gasteiger partial charge in [-0.25, -0.2) is 9.78 Å². The van der Waals surface area contributed by atoms with Crippen molar-refractivity contribution in [3.8, 4) is 0 Å². The van der Waals surface area contributed by atoms with Gasteiger partial charge in [0.1, 0.15) is 11.9 Å². The maximum Gasteiger partial charge on any atom is 0.488 e. The highest BCUT2D eigenvalue weighted by atomic mass is 16.6. The molecule has 2 rings (SSSR count). The van der Waals surface area contributed by atoms with Gasteiger partial charge in [0.05, 0.1) is 0 Å². The number of carbonyl (C=O) groups is 1. The first-order valence-electron chi connectivity index (χ1n) is 5.45. The second kappa shape index (κ2) is 5.16. The monoisotopic (exact) mass is 236 g/mol. The molecule has 7 heteroatoms. The van der Waals surface area contributed by atoms with Crippen LogP contribution in [-0.2, 0) is 4.74 Å². The number of nitrogens with zero attached hydrogens (tertiary/aromatic N) is 1. The average molecular weight is 236 g/mol. The van der Waals surface area contributed by atoms with Gasteiger partial charge in [-0.1, -0.05) is 0 Å². The molecular weight excluding hydrogens is 223 g/mol. The van der Waals surface area contributed by atoms with E-state index in [2.05, 4.69) is 10.3 Å². The van der Waals surface area contributed by atoms with Crippen LogP contribution in [0.5, 0.6) is 0 Å². The van der Waals surface area contributed by atoms with Gasteiger partial charge in [0, 0.05) is 6.20 Å². The van der Waals surface area contributed by atoms with E-state index in [0.717, 1.165) is 19.3 Å². The molecule has 0 spiro atoms. The van der Waals surface area contributed by atoms with Gasteiger partial charge in [-0.15, -0.1) is 0 Å². The SMILES string of the molecule is O=C(Nc1cc(B(O)O)ccn1)OC1CCC1. The molecule has 1 fully saturated rings. The van der Waals surface area contributed by atoms with Crippen LogP contribution in [0.2, 0.25) is 0 Å². The zero-order chi connectivity index (χ0) is 12.3. The molecule has 0 unspecified atom stereocenters. The Labute approximate surface area is 98.8 Å². The molecule has 0 aliphatic heterocycles. The highest BCUT2D eigenvalue weighted by Crippen LogP contribution is 2.22. The van der Waals surface area contributed by atoms with Gasteiger partial charge in [0.15, 0.2) is 0 Å². The predicted molar refractivity (Wildman–Crippen MR) is 61.8 cm³/mol. The number of carbonyl (C=O) groups excluding carboxylic acids is 1. The van der Waals surface area contributed by atoms with Crippen molar-refractivity contribution in [3.63, 3.8) is 0 Å². The molecule has 1 amide bonds. The predicted octanol–water partition coefficient (Wildman–Crippen LogP) is -0.138. The van der Waals surface area contributed by atoms with E-state index < -0.39 is 13.2 Å². The van der Waals surface area contributed by atoms with E-state index in [1.165, 1.54) is 18.3 Å². The zero-order valence-electron chi connectivity index (χ0n) is 9.17. The fraction of sp³-hybridized carbons (Fsp3) is 0.400. The first kappa shape index (κ1) is 11.9. The molecule has 0 saturated heterocycles. The van der Waals surface area contributed by atoms with E-state index in [4.69, 9.17) is 14.8 Å². The molecule has 1 aliphatic carbocycles. The Balaban J connectivity index is 1.92. The molecule has 1 aliphatic rings. The Kier molecular flexibility index (Phi) is 3.60. The third-order valence-electron chi connectivity index (χ3n) is 2.64. The summed E-state index contributed by atoms with van der Waals surface area (Å²) in [6.45, 7) is 0. The van der Waals surface area contributed by atoms with Gasteiger partial charge in [0.25, 0.3) is 0 Å². The maximum atomic E-state index is 11.4. The Morgan fingerprint density at radius 2 is 2.29 bits per heavy atom. The maximum absolute atomic E-state index is 11.4. The number of hydrogen-bond donors (Lipinski definition) is 3. The van der Waals surface area contributed by atoms with Crippen molar-refractivity contribution in [3.05, 3.63) is 18.3 Å². The fourth-order valence-corrected chi connectivity index (χ4v) is 1.45. The van der Waals surface area contributed by atoms with Gasteiger partial charge >= 0.3 is 13.2 Å². The van der Waals surface area contributed by atoms with Crippen LogP contribution in [-0.4, -0.2) is 34.3 Å². The van der Waals surface area contributed by atoms with Gasteiger partial charge in [-0.05, 0) is 36.9 Å². The molecule has 3 N–H and O–H groups in total.